The lowest BCUT2D eigenvalue weighted by Gasteiger charge is -2.09. The molecule has 0 heterocycles. The lowest BCUT2D eigenvalue weighted by molar-refractivity contribution is -0.129. The second-order valence-corrected chi connectivity index (χ2v) is 10.5. The number of nitrogens with one attached hydrogen (secondary N) is 2. The van der Waals surface area contributed by atoms with Crippen molar-refractivity contribution in [3.05, 3.63) is 125 Å². The standard InChI is InChI=1S/C30H24ClN3O6S/c1-39-28-19-22(7-17-27(28)40-29(35)18-8-21-5-3-2-4-6-21)20-32-33-30(36)23-9-13-25(14-10-23)34-41(37,38)26-15-11-24(31)12-16-26/h2-20,34H,1H3,(H,33,36)/b18-8+,32-20+. The Morgan fingerprint density at radius 1 is 0.854 bits per heavy atom. The van der Waals surface area contributed by atoms with Gasteiger partial charge in [-0.25, -0.2) is 18.6 Å². The van der Waals surface area contributed by atoms with E-state index >= 15 is 0 Å². The number of methoxy groups -OCH3 is 1. The molecule has 0 atom stereocenters. The zero-order valence-corrected chi connectivity index (χ0v) is 23.2. The van der Waals surface area contributed by atoms with Crippen LogP contribution in [0.4, 0.5) is 5.69 Å². The summed E-state index contributed by atoms with van der Waals surface area (Å²) >= 11 is 5.82. The predicted octanol–water partition coefficient (Wildman–Crippen LogP) is 5.53. The van der Waals surface area contributed by atoms with Crippen LogP contribution in [0.5, 0.6) is 11.5 Å². The van der Waals surface area contributed by atoms with E-state index in [1.54, 1.807) is 24.3 Å². The number of carbonyl (C=O) groups excluding carboxylic acids is 2. The molecule has 0 bridgehead atoms. The summed E-state index contributed by atoms with van der Waals surface area (Å²) in [6, 6.07) is 25.7. The van der Waals surface area contributed by atoms with Gasteiger partial charge in [-0.2, -0.15) is 5.10 Å². The Balaban J connectivity index is 1.33. The van der Waals surface area contributed by atoms with Crippen LogP contribution < -0.4 is 19.6 Å². The molecule has 0 aliphatic carbocycles. The second kappa shape index (κ2) is 13.4. The maximum absolute atomic E-state index is 12.5. The van der Waals surface area contributed by atoms with E-state index in [1.807, 2.05) is 30.3 Å². The maximum atomic E-state index is 12.5. The van der Waals surface area contributed by atoms with E-state index in [4.69, 9.17) is 21.1 Å². The van der Waals surface area contributed by atoms with Gasteiger partial charge in [0.25, 0.3) is 15.9 Å². The van der Waals surface area contributed by atoms with Crippen molar-refractivity contribution in [3.8, 4) is 11.5 Å². The first kappa shape index (κ1) is 29.1. The van der Waals surface area contributed by atoms with Gasteiger partial charge in [0.05, 0.1) is 18.2 Å². The normalized spacial score (nSPS) is 11.4. The summed E-state index contributed by atoms with van der Waals surface area (Å²) in [7, 11) is -2.37. The number of nitrogens with zero attached hydrogens (tertiary/aromatic N) is 1. The largest absolute Gasteiger partial charge is 0.493 e. The van der Waals surface area contributed by atoms with Crippen LogP contribution in [-0.4, -0.2) is 33.6 Å². The van der Waals surface area contributed by atoms with Crippen molar-refractivity contribution in [2.75, 3.05) is 11.8 Å². The summed E-state index contributed by atoms with van der Waals surface area (Å²) < 4.78 is 38.2. The summed E-state index contributed by atoms with van der Waals surface area (Å²) in [5, 5.41) is 4.38. The molecular formula is C30H24ClN3O6S. The van der Waals surface area contributed by atoms with Gasteiger partial charge in [0.2, 0.25) is 0 Å². The Morgan fingerprint density at radius 3 is 2.24 bits per heavy atom. The van der Waals surface area contributed by atoms with Crippen LogP contribution in [0.1, 0.15) is 21.5 Å². The van der Waals surface area contributed by atoms with Crippen LogP contribution in [0, 0.1) is 0 Å². The molecule has 4 aromatic rings. The van der Waals surface area contributed by atoms with Crippen molar-refractivity contribution >= 4 is 51.5 Å². The molecule has 0 unspecified atom stereocenters. The molecule has 4 rings (SSSR count). The smallest absolute Gasteiger partial charge is 0.336 e. The van der Waals surface area contributed by atoms with Crippen LogP contribution in [-0.2, 0) is 14.8 Å². The van der Waals surface area contributed by atoms with Crippen molar-refractivity contribution in [2.24, 2.45) is 5.10 Å². The highest BCUT2D eigenvalue weighted by atomic mass is 35.5. The monoisotopic (exact) mass is 589 g/mol. The number of hydrazone groups is 1. The summed E-state index contributed by atoms with van der Waals surface area (Å²) in [6.45, 7) is 0. The van der Waals surface area contributed by atoms with Crippen molar-refractivity contribution in [1.82, 2.24) is 5.43 Å². The molecular weight excluding hydrogens is 566 g/mol. The lowest BCUT2D eigenvalue weighted by atomic mass is 10.2. The number of amides is 1. The maximum Gasteiger partial charge on any atom is 0.336 e. The molecule has 0 radical (unpaired) electrons. The van der Waals surface area contributed by atoms with Gasteiger partial charge in [0.15, 0.2) is 11.5 Å². The van der Waals surface area contributed by atoms with Gasteiger partial charge in [-0.15, -0.1) is 0 Å². The minimum Gasteiger partial charge on any atom is -0.493 e. The molecule has 0 aliphatic rings. The molecule has 9 nitrogen and oxygen atoms in total. The number of ether oxygens (including phenoxy) is 2. The van der Waals surface area contributed by atoms with E-state index < -0.39 is 21.9 Å². The number of hydrogen-bond donors (Lipinski definition) is 2. The van der Waals surface area contributed by atoms with Crippen molar-refractivity contribution in [2.45, 2.75) is 4.90 Å². The summed E-state index contributed by atoms with van der Waals surface area (Å²) in [5.41, 5.74) is 4.39. The van der Waals surface area contributed by atoms with Gasteiger partial charge in [-0.3, -0.25) is 9.52 Å². The summed E-state index contributed by atoms with van der Waals surface area (Å²) in [6.07, 6.45) is 4.36. The van der Waals surface area contributed by atoms with E-state index in [0.717, 1.165) is 5.56 Å². The molecule has 0 fully saturated rings. The molecule has 208 valence electrons. The van der Waals surface area contributed by atoms with Gasteiger partial charge in [0.1, 0.15) is 0 Å². The average molecular weight is 590 g/mol. The Hall–Kier alpha value is -4.93. The molecule has 2 N–H and O–H groups in total. The zero-order valence-electron chi connectivity index (χ0n) is 21.7. The Labute approximate surface area is 242 Å². The lowest BCUT2D eigenvalue weighted by Crippen LogP contribution is -2.18. The van der Waals surface area contributed by atoms with Crippen LogP contribution in [0.15, 0.2) is 113 Å². The highest BCUT2D eigenvalue weighted by Gasteiger charge is 2.14. The molecule has 0 saturated carbocycles. The number of esters is 1. The molecule has 41 heavy (non-hydrogen) atoms. The number of carbonyl (C=O) groups is 2. The first-order chi connectivity index (χ1) is 19.7. The molecule has 4 aromatic carbocycles. The molecule has 0 saturated heterocycles. The van der Waals surface area contributed by atoms with Crippen molar-refractivity contribution in [1.29, 1.82) is 0 Å². The van der Waals surface area contributed by atoms with Gasteiger partial charge in [-0.1, -0.05) is 41.9 Å². The number of anilines is 1. The first-order valence-corrected chi connectivity index (χ1v) is 13.9. The molecule has 11 heteroatoms. The Morgan fingerprint density at radius 2 is 1.56 bits per heavy atom. The number of sulfonamides is 1. The van der Waals surface area contributed by atoms with Gasteiger partial charge >= 0.3 is 5.97 Å². The zero-order chi connectivity index (χ0) is 29.2. The predicted molar refractivity (Wildman–Crippen MR) is 158 cm³/mol. The average Bonchev–Trinajstić information content (AvgIpc) is 2.97. The number of halogens is 1. The first-order valence-electron chi connectivity index (χ1n) is 12.1. The van der Waals surface area contributed by atoms with E-state index in [0.29, 0.717) is 16.3 Å². The summed E-state index contributed by atoms with van der Waals surface area (Å²) in [4.78, 5) is 24.7. The number of hydrogen-bond acceptors (Lipinski definition) is 7. The van der Waals surface area contributed by atoms with Crippen LogP contribution >= 0.6 is 11.6 Å². The van der Waals surface area contributed by atoms with E-state index in [1.165, 1.54) is 67.9 Å². The van der Waals surface area contributed by atoms with Gasteiger partial charge in [0, 0.05) is 22.3 Å². The SMILES string of the molecule is COc1cc(/C=N/NC(=O)c2ccc(NS(=O)(=O)c3ccc(Cl)cc3)cc2)ccc1OC(=O)/C=C/c1ccccc1. The third-order valence-corrected chi connectivity index (χ3v) is 7.16. The quantitative estimate of drug-likeness (QED) is 0.0824. The fourth-order valence-electron chi connectivity index (χ4n) is 3.47. The van der Waals surface area contributed by atoms with Crippen LogP contribution in [0.2, 0.25) is 5.02 Å². The number of benzene rings is 4. The van der Waals surface area contributed by atoms with Crippen molar-refractivity contribution in [3.63, 3.8) is 0 Å². The molecule has 1 amide bonds. The Bertz CT molecular complexity index is 1690. The second-order valence-electron chi connectivity index (χ2n) is 8.41. The van der Waals surface area contributed by atoms with E-state index in [9.17, 15) is 18.0 Å². The highest BCUT2D eigenvalue weighted by molar-refractivity contribution is 7.92. The number of rotatable bonds is 10. The fourth-order valence-corrected chi connectivity index (χ4v) is 4.65. The fraction of sp³-hybridized carbons (Fsp3) is 0.0333. The highest BCUT2D eigenvalue weighted by Crippen LogP contribution is 2.28. The minimum absolute atomic E-state index is 0.0563. The minimum atomic E-state index is -3.81. The van der Waals surface area contributed by atoms with E-state index in [-0.39, 0.29) is 21.9 Å². The van der Waals surface area contributed by atoms with Gasteiger partial charge in [-0.05, 0) is 83.9 Å². The van der Waals surface area contributed by atoms with E-state index in [2.05, 4.69) is 15.2 Å². The third kappa shape index (κ3) is 8.28. The molecule has 0 spiro atoms. The Kier molecular flexibility index (Phi) is 9.51. The topological polar surface area (TPSA) is 123 Å². The third-order valence-electron chi connectivity index (χ3n) is 5.51. The van der Waals surface area contributed by atoms with Crippen LogP contribution in [0.25, 0.3) is 6.08 Å². The summed E-state index contributed by atoms with van der Waals surface area (Å²) in [5.74, 6) is -0.540. The molecule has 0 aromatic heterocycles. The van der Waals surface area contributed by atoms with Gasteiger partial charge < -0.3 is 9.47 Å². The van der Waals surface area contributed by atoms with Crippen molar-refractivity contribution < 1.29 is 27.5 Å². The van der Waals surface area contributed by atoms with Crippen LogP contribution in [0.3, 0.4) is 0 Å². The molecule has 0 aliphatic heterocycles.